The molecule has 0 unspecified atom stereocenters. The summed E-state index contributed by atoms with van der Waals surface area (Å²) in [6.07, 6.45) is 1.32. The molecule has 1 aliphatic rings. The Morgan fingerprint density at radius 3 is 2.42 bits per heavy atom. The SMILES string of the molecule is COC1(c2cccc(S(=O)(=O)c3ccc(-c4cc(=O)[nH]c(N)n4)cc3)c2)CCOCC1. The van der Waals surface area contributed by atoms with Crippen LogP contribution in [-0.2, 0) is 24.9 Å². The number of hydrogen-bond acceptors (Lipinski definition) is 7. The van der Waals surface area contributed by atoms with E-state index in [1.807, 2.05) is 6.07 Å². The molecule has 1 fully saturated rings. The first kappa shape index (κ1) is 21.2. The predicted octanol–water partition coefficient (Wildman–Crippen LogP) is 2.50. The van der Waals surface area contributed by atoms with E-state index in [0.717, 1.165) is 5.56 Å². The number of nitrogens with zero attached hydrogens (tertiary/aromatic N) is 1. The van der Waals surface area contributed by atoms with Gasteiger partial charge < -0.3 is 15.2 Å². The van der Waals surface area contributed by atoms with Crippen molar-refractivity contribution in [2.45, 2.75) is 28.2 Å². The average molecular weight is 442 g/mol. The highest BCUT2D eigenvalue weighted by atomic mass is 32.2. The number of anilines is 1. The summed E-state index contributed by atoms with van der Waals surface area (Å²) in [7, 11) is -2.11. The summed E-state index contributed by atoms with van der Waals surface area (Å²) in [4.78, 5) is 18.4. The van der Waals surface area contributed by atoms with Crippen molar-refractivity contribution in [1.29, 1.82) is 0 Å². The zero-order valence-electron chi connectivity index (χ0n) is 17.0. The number of aromatic nitrogens is 2. The Kier molecular flexibility index (Phi) is 5.65. The van der Waals surface area contributed by atoms with Crippen LogP contribution in [0.3, 0.4) is 0 Å². The van der Waals surface area contributed by atoms with Crippen LogP contribution in [0.1, 0.15) is 18.4 Å². The standard InChI is InChI=1S/C22H23N3O5S/c1-29-22(9-11-30-12-10-22)16-3-2-4-18(13-16)31(27,28)17-7-5-15(6-8-17)19-14-20(26)25-21(23)24-19/h2-8,13-14H,9-12H2,1H3,(H3,23,24,25,26). The van der Waals surface area contributed by atoms with E-state index in [-0.39, 0.29) is 21.3 Å². The second-order valence-corrected chi connectivity index (χ2v) is 9.33. The summed E-state index contributed by atoms with van der Waals surface area (Å²) in [5.41, 5.74) is 6.43. The van der Waals surface area contributed by atoms with E-state index in [1.165, 1.54) is 18.2 Å². The maximum atomic E-state index is 13.3. The normalized spacial score (nSPS) is 16.2. The molecule has 0 spiro atoms. The number of sulfone groups is 1. The molecule has 31 heavy (non-hydrogen) atoms. The number of rotatable bonds is 5. The Hall–Kier alpha value is -3.01. The van der Waals surface area contributed by atoms with Crippen LogP contribution in [0.25, 0.3) is 11.3 Å². The van der Waals surface area contributed by atoms with Crippen molar-refractivity contribution in [2.75, 3.05) is 26.1 Å². The molecular weight excluding hydrogens is 418 g/mol. The number of nitrogens with one attached hydrogen (secondary N) is 1. The number of methoxy groups -OCH3 is 1. The fourth-order valence-electron chi connectivity index (χ4n) is 3.82. The Balaban J connectivity index is 1.68. The Bertz CT molecular complexity index is 1250. The molecule has 8 nitrogen and oxygen atoms in total. The summed E-state index contributed by atoms with van der Waals surface area (Å²) in [6, 6.07) is 14.4. The Morgan fingerprint density at radius 2 is 1.77 bits per heavy atom. The number of nitrogens with two attached hydrogens (primary N) is 1. The van der Waals surface area contributed by atoms with Gasteiger partial charge in [-0.25, -0.2) is 13.4 Å². The van der Waals surface area contributed by atoms with Crippen molar-refractivity contribution in [3.05, 3.63) is 70.5 Å². The van der Waals surface area contributed by atoms with Crippen molar-refractivity contribution < 1.29 is 17.9 Å². The summed E-state index contributed by atoms with van der Waals surface area (Å²) in [5.74, 6) is -0.00352. The molecule has 162 valence electrons. The van der Waals surface area contributed by atoms with Crippen LogP contribution in [0.15, 0.2) is 69.2 Å². The highest BCUT2D eigenvalue weighted by Crippen LogP contribution is 2.37. The highest BCUT2D eigenvalue weighted by molar-refractivity contribution is 7.91. The van der Waals surface area contributed by atoms with Gasteiger partial charge in [0, 0.05) is 44.8 Å². The van der Waals surface area contributed by atoms with Gasteiger partial charge >= 0.3 is 0 Å². The van der Waals surface area contributed by atoms with Gasteiger partial charge in [-0.15, -0.1) is 0 Å². The molecule has 0 atom stereocenters. The minimum Gasteiger partial charge on any atom is -0.381 e. The molecule has 2 aromatic carbocycles. The second-order valence-electron chi connectivity index (χ2n) is 7.38. The van der Waals surface area contributed by atoms with E-state index < -0.39 is 15.4 Å². The third-order valence-electron chi connectivity index (χ3n) is 5.58. The zero-order valence-corrected chi connectivity index (χ0v) is 17.8. The Morgan fingerprint density at radius 1 is 1.06 bits per heavy atom. The van der Waals surface area contributed by atoms with E-state index in [2.05, 4.69) is 9.97 Å². The van der Waals surface area contributed by atoms with Crippen LogP contribution in [-0.4, -0.2) is 38.7 Å². The third kappa shape index (κ3) is 4.12. The van der Waals surface area contributed by atoms with Gasteiger partial charge in [0.05, 0.1) is 21.1 Å². The van der Waals surface area contributed by atoms with Gasteiger partial charge in [0.1, 0.15) is 0 Å². The lowest BCUT2D eigenvalue weighted by Gasteiger charge is -2.36. The minimum absolute atomic E-state index is 0.00352. The van der Waals surface area contributed by atoms with E-state index in [4.69, 9.17) is 15.2 Å². The molecule has 0 amide bonds. The van der Waals surface area contributed by atoms with Gasteiger partial charge in [-0.2, -0.15) is 0 Å². The fourth-order valence-corrected chi connectivity index (χ4v) is 5.13. The molecule has 2 heterocycles. The molecule has 1 aromatic heterocycles. The molecule has 3 aromatic rings. The first-order chi connectivity index (χ1) is 14.8. The van der Waals surface area contributed by atoms with Crippen LogP contribution in [0, 0.1) is 0 Å². The Labute approximate surface area is 180 Å². The molecule has 1 saturated heterocycles. The predicted molar refractivity (Wildman–Crippen MR) is 115 cm³/mol. The number of ether oxygens (including phenoxy) is 2. The van der Waals surface area contributed by atoms with Crippen molar-refractivity contribution >= 4 is 15.8 Å². The average Bonchev–Trinajstić information content (AvgIpc) is 2.79. The maximum absolute atomic E-state index is 13.3. The number of benzene rings is 2. The molecule has 0 bridgehead atoms. The minimum atomic E-state index is -3.75. The number of aromatic amines is 1. The smallest absolute Gasteiger partial charge is 0.252 e. The lowest BCUT2D eigenvalue weighted by molar-refractivity contribution is -0.0948. The van der Waals surface area contributed by atoms with Gasteiger partial charge in [-0.1, -0.05) is 24.3 Å². The quantitative estimate of drug-likeness (QED) is 0.623. The number of hydrogen-bond donors (Lipinski definition) is 2. The van der Waals surface area contributed by atoms with E-state index in [1.54, 1.807) is 37.4 Å². The van der Waals surface area contributed by atoms with Gasteiger partial charge in [0.2, 0.25) is 15.8 Å². The lowest BCUT2D eigenvalue weighted by Crippen LogP contribution is -2.35. The van der Waals surface area contributed by atoms with E-state index in [9.17, 15) is 13.2 Å². The van der Waals surface area contributed by atoms with Crippen LogP contribution in [0.4, 0.5) is 5.95 Å². The van der Waals surface area contributed by atoms with Crippen LogP contribution in [0.5, 0.6) is 0 Å². The van der Waals surface area contributed by atoms with Crippen molar-refractivity contribution in [1.82, 2.24) is 9.97 Å². The van der Waals surface area contributed by atoms with Crippen molar-refractivity contribution in [3.8, 4) is 11.3 Å². The summed E-state index contributed by atoms with van der Waals surface area (Å²) in [5, 5.41) is 0. The topological polar surface area (TPSA) is 124 Å². The maximum Gasteiger partial charge on any atom is 0.252 e. The number of nitrogen functional groups attached to an aromatic ring is 1. The molecule has 0 aliphatic carbocycles. The monoisotopic (exact) mass is 441 g/mol. The second kappa shape index (κ2) is 8.26. The first-order valence-corrected chi connectivity index (χ1v) is 11.3. The highest BCUT2D eigenvalue weighted by Gasteiger charge is 2.35. The summed E-state index contributed by atoms with van der Waals surface area (Å²) < 4.78 is 37.8. The number of H-pyrrole nitrogens is 1. The molecule has 9 heteroatoms. The van der Waals surface area contributed by atoms with E-state index in [0.29, 0.717) is 37.3 Å². The third-order valence-corrected chi connectivity index (χ3v) is 7.35. The molecule has 3 N–H and O–H groups in total. The molecule has 1 aliphatic heterocycles. The van der Waals surface area contributed by atoms with Crippen LogP contribution in [0.2, 0.25) is 0 Å². The van der Waals surface area contributed by atoms with Crippen LogP contribution >= 0.6 is 0 Å². The van der Waals surface area contributed by atoms with E-state index >= 15 is 0 Å². The van der Waals surface area contributed by atoms with Gasteiger partial charge in [0.15, 0.2) is 0 Å². The van der Waals surface area contributed by atoms with Gasteiger partial charge in [-0.05, 0) is 29.8 Å². The summed E-state index contributed by atoms with van der Waals surface area (Å²) in [6.45, 7) is 1.13. The van der Waals surface area contributed by atoms with Gasteiger partial charge in [-0.3, -0.25) is 9.78 Å². The largest absolute Gasteiger partial charge is 0.381 e. The molecule has 4 rings (SSSR count). The zero-order chi connectivity index (χ0) is 22.1. The molecule has 0 radical (unpaired) electrons. The fraction of sp³-hybridized carbons (Fsp3) is 0.273. The van der Waals surface area contributed by atoms with Gasteiger partial charge in [0.25, 0.3) is 5.56 Å². The first-order valence-electron chi connectivity index (χ1n) is 9.80. The van der Waals surface area contributed by atoms with Crippen LogP contribution < -0.4 is 11.3 Å². The summed E-state index contributed by atoms with van der Waals surface area (Å²) >= 11 is 0. The van der Waals surface area contributed by atoms with Crippen molar-refractivity contribution in [2.24, 2.45) is 0 Å². The van der Waals surface area contributed by atoms with Crippen molar-refractivity contribution in [3.63, 3.8) is 0 Å². The molecular formula is C22H23N3O5S. The molecule has 0 saturated carbocycles. The lowest BCUT2D eigenvalue weighted by atomic mass is 9.86.